The maximum absolute atomic E-state index is 13.2. The number of rotatable bonds is 9. The summed E-state index contributed by atoms with van der Waals surface area (Å²) in [6, 6.07) is 23.5. The molecule has 2 atom stereocenters. The maximum Gasteiger partial charge on any atom is 0.311 e. The van der Waals surface area contributed by atoms with Crippen LogP contribution in [0.5, 0.6) is 0 Å². The second kappa shape index (κ2) is 11.6. The van der Waals surface area contributed by atoms with E-state index in [0.29, 0.717) is 17.5 Å². The van der Waals surface area contributed by atoms with Gasteiger partial charge in [-0.2, -0.15) is 0 Å². The van der Waals surface area contributed by atoms with Crippen molar-refractivity contribution in [2.45, 2.75) is 19.4 Å². The van der Waals surface area contributed by atoms with E-state index in [0.717, 1.165) is 16.7 Å². The lowest BCUT2D eigenvalue weighted by molar-refractivity contribution is -0.145. The Morgan fingerprint density at radius 2 is 1.74 bits per heavy atom. The van der Waals surface area contributed by atoms with Gasteiger partial charge in [-0.05, 0) is 42.2 Å². The fraction of sp³-hybridized carbons (Fsp3) is 0.179. The van der Waals surface area contributed by atoms with Crippen LogP contribution in [0, 0.1) is 18.3 Å². The smallest absolute Gasteiger partial charge is 0.311 e. The standard InChI is InChI=1S/C28H29N3O3/c1-19-9-6-7-14-23(19)27(32)31-25(16-15-20-10-4-3-5-11-20)24(28(33)34-2)18-21-12-8-13-22(17-21)26(29)30/h3-17,24-25H,18H2,1-2H3,(H3,29,30)(H,31,32)/b16-15+/t24-,25-/m1/s1. The van der Waals surface area contributed by atoms with Gasteiger partial charge in [-0.15, -0.1) is 0 Å². The number of nitrogens with one attached hydrogen (secondary N) is 2. The van der Waals surface area contributed by atoms with E-state index in [-0.39, 0.29) is 11.7 Å². The zero-order valence-corrected chi connectivity index (χ0v) is 19.3. The highest BCUT2D eigenvalue weighted by Crippen LogP contribution is 2.19. The molecule has 4 N–H and O–H groups in total. The van der Waals surface area contributed by atoms with Crippen molar-refractivity contribution in [3.8, 4) is 0 Å². The molecule has 0 saturated carbocycles. The third-order valence-corrected chi connectivity index (χ3v) is 5.61. The molecule has 3 aromatic carbocycles. The largest absolute Gasteiger partial charge is 0.469 e. The van der Waals surface area contributed by atoms with Crippen LogP contribution in [0.3, 0.4) is 0 Å². The first kappa shape index (κ1) is 24.5. The number of amides is 1. The van der Waals surface area contributed by atoms with Gasteiger partial charge < -0.3 is 15.8 Å². The highest BCUT2D eigenvalue weighted by Gasteiger charge is 2.30. The molecule has 34 heavy (non-hydrogen) atoms. The quantitative estimate of drug-likeness (QED) is 0.256. The molecule has 1 amide bonds. The van der Waals surface area contributed by atoms with Crippen LogP contribution in [-0.4, -0.2) is 30.9 Å². The van der Waals surface area contributed by atoms with Gasteiger partial charge in [0.15, 0.2) is 0 Å². The van der Waals surface area contributed by atoms with E-state index in [1.54, 1.807) is 24.3 Å². The normalized spacial score (nSPS) is 12.6. The number of carbonyl (C=O) groups is 2. The molecular formula is C28H29N3O3. The first-order valence-corrected chi connectivity index (χ1v) is 11.0. The van der Waals surface area contributed by atoms with Crippen LogP contribution in [0.25, 0.3) is 6.08 Å². The molecule has 0 heterocycles. The fourth-order valence-electron chi connectivity index (χ4n) is 3.75. The minimum Gasteiger partial charge on any atom is -0.469 e. The topological polar surface area (TPSA) is 105 Å². The Labute approximate surface area is 200 Å². The van der Waals surface area contributed by atoms with Gasteiger partial charge in [-0.1, -0.05) is 78.9 Å². The van der Waals surface area contributed by atoms with Crippen LogP contribution in [0.4, 0.5) is 0 Å². The Hall–Kier alpha value is -4.19. The van der Waals surface area contributed by atoms with E-state index >= 15 is 0 Å². The number of nitrogen functional groups attached to an aromatic ring is 1. The maximum atomic E-state index is 13.2. The van der Waals surface area contributed by atoms with Gasteiger partial charge in [0.2, 0.25) is 0 Å². The molecule has 174 valence electrons. The van der Waals surface area contributed by atoms with E-state index in [4.69, 9.17) is 15.9 Å². The molecule has 0 aliphatic carbocycles. The molecule has 3 aromatic rings. The number of hydrogen-bond donors (Lipinski definition) is 3. The Kier molecular flexibility index (Phi) is 8.35. The lowest BCUT2D eigenvalue weighted by Gasteiger charge is -2.24. The van der Waals surface area contributed by atoms with Crippen molar-refractivity contribution < 1.29 is 14.3 Å². The van der Waals surface area contributed by atoms with Gasteiger partial charge in [-0.3, -0.25) is 15.0 Å². The second-order valence-corrected chi connectivity index (χ2v) is 8.03. The molecule has 0 saturated heterocycles. The zero-order chi connectivity index (χ0) is 24.5. The molecule has 0 fully saturated rings. The number of ether oxygens (including phenoxy) is 1. The van der Waals surface area contributed by atoms with Crippen molar-refractivity contribution in [3.63, 3.8) is 0 Å². The Balaban J connectivity index is 1.97. The summed E-state index contributed by atoms with van der Waals surface area (Å²) in [4.78, 5) is 26.1. The van der Waals surface area contributed by atoms with Gasteiger partial charge in [0.25, 0.3) is 5.91 Å². The third-order valence-electron chi connectivity index (χ3n) is 5.61. The van der Waals surface area contributed by atoms with E-state index in [2.05, 4.69) is 5.32 Å². The lowest BCUT2D eigenvalue weighted by atomic mass is 9.90. The van der Waals surface area contributed by atoms with Gasteiger partial charge in [0, 0.05) is 11.1 Å². The summed E-state index contributed by atoms with van der Waals surface area (Å²) in [6.07, 6.45) is 4.00. The second-order valence-electron chi connectivity index (χ2n) is 8.03. The minimum atomic E-state index is -0.694. The molecule has 0 aliphatic heterocycles. The average molecular weight is 456 g/mol. The Morgan fingerprint density at radius 1 is 1.03 bits per heavy atom. The summed E-state index contributed by atoms with van der Waals surface area (Å²) < 4.78 is 5.12. The summed E-state index contributed by atoms with van der Waals surface area (Å²) in [5.74, 6) is -1.46. The van der Waals surface area contributed by atoms with E-state index < -0.39 is 17.9 Å². The number of amidine groups is 1. The van der Waals surface area contributed by atoms with Crippen molar-refractivity contribution in [2.75, 3.05) is 7.11 Å². The van der Waals surface area contributed by atoms with Crippen LogP contribution in [0.15, 0.2) is 84.9 Å². The summed E-state index contributed by atoms with van der Waals surface area (Å²) >= 11 is 0. The van der Waals surface area contributed by atoms with Gasteiger partial charge >= 0.3 is 5.97 Å². The third kappa shape index (κ3) is 6.42. The van der Waals surface area contributed by atoms with E-state index in [9.17, 15) is 9.59 Å². The summed E-state index contributed by atoms with van der Waals surface area (Å²) in [7, 11) is 1.34. The molecule has 3 rings (SSSR count). The fourth-order valence-corrected chi connectivity index (χ4v) is 3.75. The molecular weight excluding hydrogens is 426 g/mol. The molecule has 6 heteroatoms. The van der Waals surface area contributed by atoms with Crippen molar-refractivity contribution in [1.29, 1.82) is 5.41 Å². The van der Waals surface area contributed by atoms with E-state index in [1.165, 1.54) is 7.11 Å². The monoisotopic (exact) mass is 455 g/mol. The number of benzene rings is 3. The number of carbonyl (C=O) groups excluding carboxylic acids is 2. The summed E-state index contributed by atoms with van der Waals surface area (Å²) in [6.45, 7) is 1.87. The number of methoxy groups -OCH3 is 1. The van der Waals surface area contributed by atoms with Crippen molar-refractivity contribution in [2.24, 2.45) is 11.7 Å². The zero-order valence-electron chi connectivity index (χ0n) is 19.3. The van der Waals surface area contributed by atoms with Gasteiger partial charge in [0.1, 0.15) is 5.84 Å². The van der Waals surface area contributed by atoms with Crippen molar-refractivity contribution >= 4 is 23.8 Å². The molecule has 0 bridgehead atoms. The molecule has 6 nitrogen and oxygen atoms in total. The molecule has 0 unspecified atom stereocenters. The van der Waals surface area contributed by atoms with Crippen LogP contribution < -0.4 is 11.1 Å². The highest BCUT2D eigenvalue weighted by atomic mass is 16.5. The van der Waals surface area contributed by atoms with Crippen molar-refractivity contribution in [3.05, 3.63) is 113 Å². The predicted molar refractivity (Wildman–Crippen MR) is 135 cm³/mol. The Morgan fingerprint density at radius 3 is 2.41 bits per heavy atom. The lowest BCUT2D eigenvalue weighted by Crippen LogP contribution is -2.43. The van der Waals surface area contributed by atoms with Crippen molar-refractivity contribution in [1.82, 2.24) is 5.32 Å². The number of esters is 1. The SMILES string of the molecule is COC(=O)[C@H](Cc1cccc(C(=N)N)c1)[C@@H](/C=C/c1ccccc1)NC(=O)c1ccccc1C. The first-order valence-electron chi connectivity index (χ1n) is 11.0. The first-order chi connectivity index (χ1) is 16.4. The average Bonchev–Trinajstić information content (AvgIpc) is 2.85. The highest BCUT2D eigenvalue weighted by molar-refractivity contribution is 5.96. The molecule has 0 aliphatic rings. The number of hydrogen-bond acceptors (Lipinski definition) is 4. The minimum absolute atomic E-state index is 0.0511. The van der Waals surface area contributed by atoms with Crippen LogP contribution in [0.1, 0.15) is 32.6 Å². The molecule has 0 aromatic heterocycles. The van der Waals surface area contributed by atoms with Crippen LogP contribution in [0.2, 0.25) is 0 Å². The Bertz CT molecular complexity index is 1190. The summed E-state index contributed by atoms with van der Waals surface area (Å²) in [5, 5.41) is 10.7. The van der Waals surface area contributed by atoms with Crippen LogP contribution in [-0.2, 0) is 16.0 Å². The van der Waals surface area contributed by atoms with E-state index in [1.807, 2.05) is 73.7 Å². The number of nitrogens with two attached hydrogens (primary N) is 1. The summed E-state index contributed by atoms with van der Waals surface area (Å²) in [5.41, 5.74) is 9.35. The van der Waals surface area contributed by atoms with Gasteiger partial charge in [0.05, 0.1) is 19.1 Å². The molecule has 0 radical (unpaired) electrons. The molecule has 0 spiro atoms. The van der Waals surface area contributed by atoms with Gasteiger partial charge in [-0.25, -0.2) is 0 Å². The van der Waals surface area contributed by atoms with Crippen LogP contribution >= 0.6 is 0 Å². The predicted octanol–water partition coefficient (Wildman–Crippen LogP) is 4.12. The number of aryl methyl sites for hydroxylation is 1.